The Kier molecular flexibility index (Phi) is 1.78. The molecule has 0 atom stereocenters. The maximum absolute atomic E-state index is 13.0. The van der Waals surface area contributed by atoms with Gasteiger partial charge >= 0.3 is 0 Å². The monoisotopic (exact) mass is 432 g/mol. The topological polar surface area (TPSA) is 51.2 Å². The van der Waals surface area contributed by atoms with Crippen LogP contribution in [0.2, 0.25) is 0 Å². The van der Waals surface area contributed by atoms with Crippen molar-refractivity contribution in [3.05, 3.63) is 64.6 Å². The van der Waals surface area contributed by atoms with Gasteiger partial charge in [0.1, 0.15) is 0 Å². The first-order valence-electron chi connectivity index (χ1n) is 7.95. The van der Waals surface area contributed by atoms with Crippen molar-refractivity contribution in [3.8, 4) is 0 Å². The highest BCUT2D eigenvalue weighted by Crippen LogP contribution is 2.48. The van der Waals surface area contributed by atoms with Crippen LogP contribution in [0.15, 0.2) is 44.7 Å². The van der Waals surface area contributed by atoms with Crippen LogP contribution in [0.25, 0.3) is 64.6 Å². The van der Waals surface area contributed by atoms with Gasteiger partial charge < -0.3 is 0 Å². The highest BCUT2D eigenvalue weighted by atomic mass is 127. The van der Waals surface area contributed by atoms with Crippen LogP contribution in [0.3, 0.4) is 0 Å². The Morgan fingerprint density at radius 3 is 1.44 bits per heavy atom. The fraction of sp³-hybridized carbons (Fsp3) is 0. The van der Waals surface area contributed by atoms with Gasteiger partial charge in [-0.25, -0.2) is 0 Å². The van der Waals surface area contributed by atoms with Gasteiger partial charge in [0.2, 0.25) is 0 Å². The van der Waals surface area contributed by atoms with Gasteiger partial charge in [0, 0.05) is 68.2 Å². The molecule has 25 heavy (non-hydrogen) atoms. The maximum Gasteiger partial charge on any atom is 0.195 e. The number of rotatable bonds is 0. The summed E-state index contributed by atoms with van der Waals surface area (Å²) in [6, 6.07) is 8.89. The van der Waals surface area contributed by atoms with Crippen LogP contribution in [0.4, 0.5) is 0 Å². The molecule has 0 radical (unpaired) electrons. The zero-order valence-electron chi connectivity index (χ0n) is 12.5. The van der Waals surface area contributed by atoms with Crippen LogP contribution < -0.4 is 16.3 Å². The van der Waals surface area contributed by atoms with Gasteiger partial charge in [0.05, 0.1) is 0 Å². The molecule has 0 saturated heterocycles. The Morgan fingerprint density at radius 2 is 0.880 bits per heavy atom. The minimum Gasteiger partial charge on any atom is -0.289 e. The molecule has 3 nitrogen and oxygen atoms in total. The Bertz CT molecular complexity index is 1780. The number of hydrogen-bond acceptors (Lipinski definition) is 3. The normalized spacial score (nSPS) is 13.5. The number of hydrogen-bond donors (Lipinski definition) is 0. The van der Waals surface area contributed by atoms with E-state index in [-0.39, 0.29) is 16.3 Å². The Labute approximate surface area is 151 Å². The van der Waals surface area contributed by atoms with Gasteiger partial charge in [-0.15, -0.1) is 0 Å². The van der Waals surface area contributed by atoms with Crippen molar-refractivity contribution in [2.75, 3.05) is 0 Å². The summed E-state index contributed by atoms with van der Waals surface area (Å²) in [5.74, 6) is 0. The maximum atomic E-state index is 13.0. The smallest absolute Gasteiger partial charge is 0.195 e. The van der Waals surface area contributed by atoms with E-state index in [4.69, 9.17) is 0 Å². The zero-order chi connectivity index (χ0) is 16.8. The standard InChI is InChI=1S/C21H5IO3/c22-11-5-10-16-14-8(20(10)24)2-1-6-12(14)13-7(19(6)23)3-4-9-15(13)18(16)17(11)21(9)25/h1-5H. The van der Waals surface area contributed by atoms with E-state index in [1.807, 2.05) is 6.07 Å². The molecule has 4 heteroatoms. The Hall–Kier alpha value is -2.60. The molecule has 0 aliphatic rings. The highest BCUT2D eigenvalue weighted by Gasteiger charge is 2.29. The molecule has 0 heterocycles. The second kappa shape index (κ2) is 3.51. The van der Waals surface area contributed by atoms with Gasteiger partial charge in [-0.2, -0.15) is 0 Å². The molecule has 0 saturated carbocycles. The molecule has 0 fully saturated rings. The molecule has 0 bridgehead atoms. The molecule has 7 aromatic carbocycles. The van der Waals surface area contributed by atoms with E-state index in [2.05, 4.69) is 22.6 Å². The van der Waals surface area contributed by atoms with Crippen molar-refractivity contribution >= 4 is 87.2 Å². The average Bonchev–Trinajstić information content (AvgIpc) is 3.18. The molecule has 0 aliphatic carbocycles. The summed E-state index contributed by atoms with van der Waals surface area (Å²) in [6.45, 7) is 0. The van der Waals surface area contributed by atoms with E-state index in [1.165, 1.54) is 0 Å². The SMILES string of the molecule is O=c1c2ccc3c(=O)c4cc(I)c5c(=O)c6ccc1c1c2c3c4c5c61. The lowest BCUT2D eigenvalue weighted by Crippen LogP contribution is -1.98. The molecule has 114 valence electrons. The summed E-state index contributed by atoms with van der Waals surface area (Å²) in [5, 5.41) is 9.08. The van der Waals surface area contributed by atoms with Crippen LogP contribution in [-0.2, 0) is 0 Å². The van der Waals surface area contributed by atoms with Gasteiger partial charge in [-0.05, 0) is 52.9 Å². The first-order valence-corrected chi connectivity index (χ1v) is 9.03. The summed E-state index contributed by atoms with van der Waals surface area (Å²) < 4.78 is 0.801. The molecular weight excluding hydrogens is 427 g/mol. The zero-order valence-corrected chi connectivity index (χ0v) is 14.6. The lowest BCUT2D eigenvalue weighted by molar-refractivity contribution is 1.78. The van der Waals surface area contributed by atoms with Crippen molar-refractivity contribution in [2.24, 2.45) is 0 Å². The van der Waals surface area contributed by atoms with E-state index in [9.17, 15) is 14.4 Å². The highest BCUT2D eigenvalue weighted by molar-refractivity contribution is 14.1. The first-order chi connectivity index (χ1) is 12.1. The predicted octanol–water partition coefficient (Wildman–Crippen LogP) is 3.92. The van der Waals surface area contributed by atoms with E-state index in [0.29, 0.717) is 32.3 Å². The molecule has 7 aromatic rings. The van der Waals surface area contributed by atoms with Crippen molar-refractivity contribution in [1.82, 2.24) is 0 Å². The van der Waals surface area contributed by atoms with Gasteiger partial charge in [-0.1, -0.05) is 0 Å². The number of halogens is 1. The van der Waals surface area contributed by atoms with Crippen LogP contribution >= 0.6 is 22.6 Å². The van der Waals surface area contributed by atoms with Crippen LogP contribution in [0, 0.1) is 3.57 Å². The van der Waals surface area contributed by atoms with Crippen molar-refractivity contribution in [2.45, 2.75) is 0 Å². The Morgan fingerprint density at radius 1 is 0.480 bits per heavy atom. The van der Waals surface area contributed by atoms with Crippen LogP contribution in [0.5, 0.6) is 0 Å². The van der Waals surface area contributed by atoms with Crippen LogP contribution in [0.1, 0.15) is 0 Å². The predicted molar refractivity (Wildman–Crippen MR) is 110 cm³/mol. The summed E-state index contributed by atoms with van der Waals surface area (Å²) >= 11 is 2.14. The molecule has 0 unspecified atom stereocenters. The molecule has 0 amide bonds. The van der Waals surface area contributed by atoms with Crippen molar-refractivity contribution in [3.63, 3.8) is 0 Å². The lowest BCUT2D eigenvalue weighted by atomic mass is 9.94. The first kappa shape index (κ1) is 12.7. The summed E-state index contributed by atoms with van der Waals surface area (Å²) in [4.78, 5) is 38.9. The second-order valence-electron chi connectivity index (χ2n) is 6.84. The van der Waals surface area contributed by atoms with Crippen LogP contribution in [-0.4, -0.2) is 0 Å². The lowest BCUT2D eigenvalue weighted by Gasteiger charge is -2.07. The fourth-order valence-corrected chi connectivity index (χ4v) is 5.81. The molecule has 0 aliphatic heterocycles. The molecule has 0 N–H and O–H groups in total. The molecule has 0 spiro atoms. The third kappa shape index (κ3) is 1.05. The van der Waals surface area contributed by atoms with Gasteiger partial charge in [0.25, 0.3) is 0 Å². The Balaban J connectivity index is 2.20. The van der Waals surface area contributed by atoms with E-state index in [0.717, 1.165) is 35.9 Å². The summed E-state index contributed by atoms with van der Waals surface area (Å²) in [6.07, 6.45) is 0. The second-order valence-corrected chi connectivity index (χ2v) is 8.00. The van der Waals surface area contributed by atoms with Crippen molar-refractivity contribution < 1.29 is 0 Å². The number of benzene rings is 4. The van der Waals surface area contributed by atoms with Crippen molar-refractivity contribution in [1.29, 1.82) is 0 Å². The molecule has 7 rings (SSSR count). The summed E-state index contributed by atoms with van der Waals surface area (Å²) in [7, 11) is 0. The molecule has 0 aromatic heterocycles. The third-order valence-corrected chi connectivity index (χ3v) is 6.74. The molecular formula is C21H5IO3. The minimum atomic E-state index is -0.0140. The van der Waals surface area contributed by atoms with Gasteiger partial charge in [-0.3, -0.25) is 14.4 Å². The quantitative estimate of drug-likeness (QED) is 0.270. The van der Waals surface area contributed by atoms with E-state index in [1.54, 1.807) is 24.3 Å². The van der Waals surface area contributed by atoms with E-state index < -0.39 is 0 Å². The third-order valence-electron chi connectivity index (χ3n) is 5.89. The van der Waals surface area contributed by atoms with Gasteiger partial charge in [0.15, 0.2) is 16.3 Å². The summed E-state index contributed by atoms with van der Waals surface area (Å²) in [5.41, 5.74) is -0.0300. The van der Waals surface area contributed by atoms with E-state index >= 15 is 0 Å². The fourth-order valence-electron chi connectivity index (χ4n) is 4.99. The largest absolute Gasteiger partial charge is 0.289 e. The average molecular weight is 432 g/mol. The minimum absolute atomic E-state index is 0.00500.